The molecule has 4 atom stereocenters. The summed E-state index contributed by atoms with van der Waals surface area (Å²) < 4.78 is 100. The number of carbonyl (C=O) groups excluding carboxylic acids is 1. The van der Waals surface area contributed by atoms with Crippen LogP contribution in [-0.4, -0.2) is 121 Å². The molecule has 1 saturated carbocycles. The van der Waals surface area contributed by atoms with Crippen LogP contribution in [0, 0.1) is 18.2 Å². The maximum atomic E-state index is 18.1. The van der Waals surface area contributed by atoms with E-state index in [0.717, 1.165) is 43.6 Å². The number of fused-ring (bicyclic) bond motifs is 5. The van der Waals surface area contributed by atoms with Crippen LogP contribution in [0.4, 0.5) is 33.9 Å². The summed E-state index contributed by atoms with van der Waals surface area (Å²) in [6.45, 7) is 13.5. The van der Waals surface area contributed by atoms with Gasteiger partial charge in [-0.3, -0.25) is 9.80 Å². The van der Waals surface area contributed by atoms with Crippen LogP contribution < -0.4 is 28.7 Å². The Kier molecular flexibility index (Phi) is 12.8. The zero-order valence-electron chi connectivity index (χ0n) is 41.3. The van der Waals surface area contributed by atoms with Crippen LogP contribution in [0.2, 0.25) is 0 Å². The lowest BCUT2D eigenvalue weighted by Crippen LogP contribution is -2.65. The molecular weight excluding hydrogens is 923 g/mol. The fraction of sp³-hybridized carbons (Fsp3) is 0.509. The van der Waals surface area contributed by atoms with Crippen molar-refractivity contribution in [3.8, 4) is 34.6 Å². The molecule has 14 nitrogen and oxygen atoms in total. The van der Waals surface area contributed by atoms with Crippen molar-refractivity contribution in [1.82, 2.24) is 24.8 Å². The van der Waals surface area contributed by atoms with E-state index < -0.39 is 58.7 Å². The second-order valence-corrected chi connectivity index (χ2v) is 20.7. The highest BCUT2D eigenvalue weighted by Gasteiger charge is 2.54. The number of alkyl halides is 3. The number of aromatic nitrogens is 3. The molecule has 3 aromatic carbocycles. The Morgan fingerprint density at radius 1 is 0.901 bits per heavy atom. The zero-order chi connectivity index (χ0) is 50.0. The van der Waals surface area contributed by atoms with Crippen LogP contribution in [0.5, 0.6) is 23.4 Å². The molecule has 5 aromatic rings. The molecule has 0 unspecified atom stereocenters. The van der Waals surface area contributed by atoms with Crippen molar-refractivity contribution in [2.45, 2.75) is 109 Å². The number of halogens is 4. The lowest BCUT2D eigenvalue weighted by Gasteiger charge is -2.48. The van der Waals surface area contributed by atoms with E-state index in [-0.39, 0.29) is 65.3 Å². The van der Waals surface area contributed by atoms with Crippen molar-refractivity contribution in [3.63, 3.8) is 0 Å². The normalized spacial score (nSPS) is 21.6. The molecule has 3 saturated heterocycles. The Balaban J connectivity index is 1.11. The summed E-state index contributed by atoms with van der Waals surface area (Å²) in [6.07, 6.45) is -2.91. The number of morpholine rings is 1. The van der Waals surface area contributed by atoms with Crippen molar-refractivity contribution in [2.75, 3.05) is 70.0 Å². The van der Waals surface area contributed by atoms with E-state index in [1.54, 1.807) is 19.1 Å². The first-order valence-electron chi connectivity index (χ1n) is 24.4. The molecular formula is C53H61F4N7O7. The van der Waals surface area contributed by atoms with Crippen molar-refractivity contribution in [3.05, 3.63) is 88.7 Å². The van der Waals surface area contributed by atoms with Crippen molar-refractivity contribution in [2.24, 2.45) is 5.41 Å². The fourth-order valence-electron chi connectivity index (χ4n) is 10.9. The van der Waals surface area contributed by atoms with Crippen LogP contribution in [0.3, 0.4) is 0 Å². The summed E-state index contributed by atoms with van der Waals surface area (Å²) in [6, 6.07) is 16.4. The SMILES string of the molecule is COc1ccc(CN(Cc2ccc(OC)cc2)c2cc(C)c(C(F)(F)F)c(-c3nc4c5c(nc(OCC6(CN7CCOCC7)CC6)nc5c3F)N3C[C@H]5CC[C@@H]([C@H]3[C@H](C)O4)N5C(=O)OC(C)(C)C)c2)cc1. The van der Waals surface area contributed by atoms with Gasteiger partial charge in [0.05, 0.1) is 57.7 Å². The smallest absolute Gasteiger partial charge is 0.417 e. The molecule has 18 heteroatoms. The number of ether oxygens (including phenoxy) is 6. The number of piperazine rings is 1. The van der Waals surface area contributed by atoms with E-state index in [0.29, 0.717) is 49.8 Å². The number of aryl methyl sites for hydroxylation is 1. The molecule has 0 N–H and O–H groups in total. The van der Waals surface area contributed by atoms with Gasteiger partial charge in [-0.25, -0.2) is 14.2 Å². The Labute approximate surface area is 411 Å². The number of amides is 1. The summed E-state index contributed by atoms with van der Waals surface area (Å²) in [5.41, 5.74) is -1.28. The average Bonchev–Trinajstić information content (AvgIpc) is 4.05. The lowest BCUT2D eigenvalue weighted by atomic mass is 9.95. The van der Waals surface area contributed by atoms with Gasteiger partial charge in [0, 0.05) is 55.9 Å². The van der Waals surface area contributed by atoms with Crippen LogP contribution >= 0.6 is 0 Å². The van der Waals surface area contributed by atoms with Gasteiger partial charge in [-0.2, -0.15) is 23.1 Å². The molecule has 378 valence electrons. The second-order valence-electron chi connectivity index (χ2n) is 20.7. The Morgan fingerprint density at radius 2 is 1.55 bits per heavy atom. The number of carbonyl (C=O) groups is 1. The van der Waals surface area contributed by atoms with Gasteiger partial charge < -0.3 is 38.2 Å². The summed E-state index contributed by atoms with van der Waals surface area (Å²) in [7, 11) is 3.15. The van der Waals surface area contributed by atoms with Gasteiger partial charge in [0.15, 0.2) is 5.82 Å². The van der Waals surface area contributed by atoms with E-state index >= 15 is 17.6 Å². The predicted molar refractivity (Wildman–Crippen MR) is 259 cm³/mol. The van der Waals surface area contributed by atoms with Gasteiger partial charge in [0.1, 0.15) is 45.6 Å². The fourth-order valence-corrected chi connectivity index (χ4v) is 10.9. The topological polar surface area (TPSA) is 124 Å². The highest BCUT2D eigenvalue weighted by molar-refractivity contribution is 5.98. The average molecular weight is 984 g/mol. The molecule has 2 aromatic heterocycles. The van der Waals surface area contributed by atoms with Crippen molar-refractivity contribution in [1.29, 1.82) is 0 Å². The van der Waals surface area contributed by atoms with E-state index in [4.69, 9.17) is 43.4 Å². The van der Waals surface area contributed by atoms with Gasteiger partial charge in [-0.05, 0) is 113 Å². The first-order valence-corrected chi connectivity index (χ1v) is 24.4. The monoisotopic (exact) mass is 983 g/mol. The van der Waals surface area contributed by atoms with Crippen LogP contribution in [0.1, 0.15) is 75.6 Å². The van der Waals surface area contributed by atoms with Gasteiger partial charge in [-0.15, -0.1) is 0 Å². The molecule has 5 aliphatic rings. The summed E-state index contributed by atoms with van der Waals surface area (Å²) >= 11 is 0. The first-order chi connectivity index (χ1) is 33.9. The molecule has 6 heterocycles. The maximum Gasteiger partial charge on any atom is 0.417 e. The summed E-state index contributed by atoms with van der Waals surface area (Å²) in [5, 5.41) is 0.120. The minimum atomic E-state index is -4.92. The molecule has 1 aliphatic carbocycles. The highest BCUT2D eigenvalue weighted by Crippen LogP contribution is 2.50. The number of nitrogens with zero attached hydrogens (tertiary/aromatic N) is 7. The van der Waals surface area contributed by atoms with Crippen LogP contribution in [0.25, 0.3) is 22.2 Å². The third kappa shape index (κ3) is 9.81. The Bertz CT molecular complexity index is 2730. The number of methoxy groups -OCH3 is 2. The molecule has 1 amide bonds. The van der Waals surface area contributed by atoms with E-state index in [2.05, 4.69) is 4.90 Å². The Morgan fingerprint density at radius 3 is 2.14 bits per heavy atom. The maximum absolute atomic E-state index is 18.1. The van der Waals surface area contributed by atoms with Crippen molar-refractivity contribution >= 4 is 28.5 Å². The summed E-state index contributed by atoms with van der Waals surface area (Å²) in [4.78, 5) is 36.4. The minimum absolute atomic E-state index is 0.107. The molecule has 4 fully saturated rings. The van der Waals surface area contributed by atoms with E-state index in [9.17, 15) is 4.79 Å². The van der Waals surface area contributed by atoms with Gasteiger partial charge >= 0.3 is 18.3 Å². The summed E-state index contributed by atoms with van der Waals surface area (Å²) in [5.74, 6) is 0.409. The number of benzene rings is 3. The third-order valence-corrected chi connectivity index (χ3v) is 14.5. The molecule has 2 bridgehead atoms. The van der Waals surface area contributed by atoms with Gasteiger partial charge in [-0.1, -0.05) is 24.3 Å². The largest absolute Gasteiger partial charge is 0.497 e. The van der Waals surface area contributed by atoms with Crippen molar-refractivity contribution < 1.29 is 50.8 Å². The van der Waals surface area contributed by atoms with Crippen LogP contribution in [-0.2, 0) is 28.7 Å². The van der Waals surface area contributed by atoms with Gasteiger partial charge in [0.2, 0.25) is 5.88 Å². The van der Waals surface area contributed by atoms with Crippen LogP contribution in [0.15, 0.2) is 60.7 Å². The molecule has 4 aliphatic heterocycles. The predicted octanol–water partition coefficient (Wildman–Crippen LogP) is 9.61. The number of hydrogen-bond acceptors (Lipinski definition) is 13. The molecule has 0 spiro atoms. The Hall–Kier alpha value is -6.14. The van der Waals surface area contributed by atoms with Gasteiger partial charge in [0.25, 0.3) is 0 Å². The quantitative estimate of drug-likeness (QED) is 0.104. The third-order valence-electron chi connectivity index (χ3n) is 14.5. The number of rotatable bonds is 13. The number of hydrogen-bond donors (Lipinski definition) is 0. The number of pyridine rings is 1. The molecule has 10 rings (SSSR count). The first kappa shape index (κ1) is 48.5. The second kappa shape index (κ2) is 18.8. The van der Waals surface area contributed by atoms with E-state index in [1.807, 2.05) is 86.0 Å². The van der Waals surface area contributed by atoms with E-state index in [1.165, 1.54) is 19.1 Å². The number of anilines is 2. The lowest BCUT2D eigenvalue weighted by molar-refractivity contribution is -0.137. The minimum Gasteiger partial charge on any atom is -0.497 e. The highest BCUT2D eigenvalue weighted by atomic mass is 19.4. The standard InChI is InChI=1S/C53H61F4N7O7/c1-31-24-36(62(26-33-8-13-37(66-6)14-9-33)27-34-10-15-38(67-7)16-11-34)25-39(42(31)53(55,56)57)44-43(54)45-41-47(60-49(59-45)69-30-52(18-19-52)29-61-20-22-68-23-21-61)63-28-35-12-17-40(46(63)32(2)70-48(41)58-44)64(35)50(65)71-51(3,4)5/h8-11,13-16,24-25,32,35,40,46H,12,17-23,26-30H2,1-7H3/t32-,35+,40-,46+/m0/s1. The molecule has 71 heavy (non-hydrogen) atoms. The zero-order valence-corrected chi connectivity index (χ0v) is 41.3. The molecule has 0 radical (unpaired) electrons.